The minimum atomic E-state index is -0.890. The molecule has 0 N–H and O–H groups in total. The Bertz CT molecular complexity index is 998. The van der Waals surface area contributed by atoms with Crippen molar-refractivity contribution in [1.82, 2.24) is 20.2 Å². The average molecular weight is 362 g/mol. The van der Waals surface area contributed by atoms with Crippen LogP contribution in [0.2, 0.25) is 0 Å². The first kappa shape index (κ1) is 17.1. The molecule has 1 atom stereocenters. The Morgan fingerprint density at radius 3 is 2.74 bits per heavy atom. The van der Waals surface area contributed by atoms with Crippen LogP contribution in [0.5, 0.6) is 0 Å². The number of rotatable bonds is 5. The number of ether oxygens (including phenoxy) is 1. The van der Waals surface area contributed by atoms with Crippen LogP contribution >= 0.6 is 0 Å². The van der Waals surface area contributed by atoms with Gasteiger partial charge in [0.2, 0.25) is 5.78 Å². The summed E-state index contributed by atoms with van der Waals surface area (Å²) in [4.78, 5) is 25.3. The van der Waals surface area contributed by atoms with E-state index in [0.717, 1.165) is 19.3 Å². The second-order valence-electron chi connectivity index (χ2n) is 6.52. The van der Waals surface area contributed by atoms with Gasteiger partial charge in [0.15, 0.2) is 6.10 Å². The van der Waals surface area contributed by atoms with E-state index in [9.17, 15) is 9.59 Å². The number of hydrogen-bond acceptors (Lipinski definition) is 6. The van der Waals surface area contributed by atoms with Crippen molar-refractivity contribution in [2.24, 2.45) is 0 Å². The lowest BCUT2D eigenvalue weighted by Crippen LogP contribution is -2.25. The molecule has 7 nitrogen and oxygen atoms in total. The van der Waals surface area contributed by atoms with Gasteiger partial charge < -0.3 is 4.74 Å². The van der Waals surface area contributed by atoms with Crippen LogP contribution in [-0.2, 0) is 17.6 Å². The van der Waals surface area contributed by atoms with Crippen LogP contribution in [0, 0.1) is 0 Å². The van der Waals surface area contributed by atoms with Crippen molar-refractivity contribution in [2.75, 3.05) is 0 Å². The lowest BCUT2D eigenvalue weighted by atomic mass is 10.0. The lowest BCUT2D eigenvalue weighted by molar-refractivity contribution is 0.0318. The zero-order valence-electron chi connectivity index (χ0n) is 14.8. The third-order valence-corrected chi connectivity index (χ3v) is 4.76. The molecule has 1 heterocycles. The number of carbonyl (C=O) groups is 2. The molecular weight excluding hydrogens is 344 g/mol. The highest BCUT2D eigenvalue weighted by Crippen LogP contribution is 2.24. The molecule has 1 aromatic heterocycles. The molecule has 7 heteroatoms. The third kappa shape index (κ3) is 3.36. The molecule has 0 saturated carbocycles. The molecule has 0 amide bonds. The third-order valence-electron chi connectivity index (χ3n) is 4.76. The van der Waals surface area contributed by atoms with Crippen LogP contribution in [0.15, 0.2) is 48.8 Å². The molecule has 27 heavy (non-hydrogen) atoms. The van der Waals surface area contributed by atoms with E-state index in [-0.39, 0.29) is 5.78 Å². The van der Waals surface area contributed by atoms with Gasteiger partial charge in [-0.05, 0) is 65.9 Å². The normalized spacial score (nSPS) is 13.8. The van der Waals surface area contributed by atoms with Crippen LogP contribution in [0.1, 0.15) is 45.2 Å². The SMILES string of the molecule is C[C@@H](OC(=O)c1ccccc1-n1cnnn1)C(=O)c1ccc2c(c1)CCC2. The quantitative estimate of drug-likeness (QED) is 0.512. The van der Waals surface area contributed by atoms with E-state index < -0.39 is 12.1 Å². The van der Waals surface area contributed by atoms with Crippen molar-refractivity contribution in [1.29, 1.82) is 0 Å². The van der Waals surface area contributed by atoms with Crippen LogP contribution in [0.3, 0.4) is 0 Å². The maximum absolute atomic E-state index is 12.7. The first-order valence-corrected chi connectivity index (χ1v) is 8.83. The van der Waals surface area contributed by atoms with E-state index in [0.29, 0.717) is 16.8 Å². The molecule has 0 radical (unpaired) electrons. The van der Waals surface area contributed by atoms with Gasteiger partial charge in [-0.2, -0.15) is 4.68 Å². The van der Waals surface area contributed by atoms with Gasteiger partial charge >= 0.3 is 5.97 Å². The molecule has 0 bridgehead atoms. The molecule has 0 spiro atoms. The summed E-state index contributed by atoms with van der Waals surface area (Å²) in [6.07, 6.45) is 3.67. The predicted octanol–water partition coefficient (Wildman–Crippen LogP) is 2.58. The number of aryl methyl sites for hydroxylation is 2. The minimum Gasteiger partial charge on any atom is -0.451 e. The zero-order valence-corrected chi connectivity index (χ0v) is 14.8. The van der Waals surface area contributed by atoms with Crippen molar-refractivity contribution in [2.45, 2.75) is 32.3 Å². The summed E-state index contributed by atoms with van der Waals surface area (Å²) in [7, 11) is 0. The standard InChI is InChI=1S/C20H18N4O3/c1-13(19(25)16-10-9-14-5-4-6-15(14)11-16)27-20(26)17-7-2-3-8-18(17)24-12-21-22-23-24/h2-3,7-13H,4-6H2,1H3/t13-/m1/s1. The molecular formula is C20H18N4O3. The number of ketones is 1. The van der Waals surface area contributed by atoms with Gasteiger partial charge in [-0.3, -0.25) is 4.79 Å². The number of para-hydroxylation sites is 1. The minimum absolute atomic E-state index is 0.210. The number of tetrazole rings is 1. The highest BCUT2D eigenvalue weighted by molar-refractivity contribution is 6.02. The molecule has 4 rings (SSSR count). The van der Waals surface area contributed by atoms with E-state index in [4.69, 9.17) is 4.74 Å². The smallest absolute Gasteiger partial charge is 0.341 e. The van der Waals surface area contributed by atoms with Crippen LogP contribution in [-0.4, -0.2) is 38.1 Å². The van der Waals surface area contributed by atoms with Gasteiger partial charge in [0.1, 0.15) is 6.33 Å². The van der Waals surface area contributed by atoms with E-state index in [1.807, 2.05) is 18.2 Å². The van der Waals surface area contributed by atoms with Crippen molar-refractivity contribution in [3.05, 3.63) is 71.0 Å². The summed E-state index contributed by atoms with van der Waals surface area (Å²) < 4.78 is 6.82. The van der Waals surface area contributed by atoms with Crippen molar-refractivity contribution < 1.29 is 14.3 Å². The molecule has 1 aliphatic rings. The molecule has 136 valence electrons. The molecule has 2 aromatic carbocycles. The largest absolute Gasteiger partial charge is 0.451 e. The van der Waals surface area contributed by atoms with Gasteiger partial charge in [0.05, 0.1) is 11.3 Å². The number of benzene rings is 2. The number of esters is 1. The van der Waals surface area contributed by atoms with Gasteiger partial charge in [0.25, 0.3) is 0 Å². The zero-order chi connectivity index (χ0) is 18.8. The topological polar surface area (TPSA) is 87.0 Å². The summed E-state index contributed by atoms with van der Waals surface area (Å²) in [6, 6.07) is 12.5. The monoisotopic (exact) mass is 362 g/mol. The van der Waals surface area contributed by atoms with Gasteiger partial charge in [-0.25, -0.2) is 4.79 Å². The van der Waals surface area contributed by atoms with Crippen LogP contribution in [0.4, 0.5) is 0 Å². The first-order chi connectivity index (χ1) is 13.1. The molecule has 3 aromatic rings. The number of carbonyl (C=O) groups excluding carboxylic acids is 2. The van der Waals surface area contributed by atoms with E-state index >= 15 is 0 Å². The van der Waals surface area contributed by atoms with Gasteiger partial charge in [0, 0.05) is 5.56 Å². The fourth-order valence-electron chi connectivity index (χ4n) is 3.36. The number of nitrogens with zero attached hydrogens (tertiary/aromatic N) is 4. The van der Waals surface area contributed by atoms with E-state index in [2.05, 4.69) is 15.5 Å². The summed E-state index contributed by atoms with van der Waals surface area (Å²) in [5, 5.41) is 11.0. The maximum Gasteiger partial charge on any atom is 0.341 e. The summed E-state index contributed by atoms with van der Waals surface area (Å²) in [5.41, 5.74) is 3.86. The number of fused-ring (bicyclic) bond motifs is 1. The Kier molecular flexibility index (Phi) is 4.50. The highest BCUT2D eigenvalue weighted by atomic mass is 16.5. The molecule has 0 unspecified atom stereocenters. The van der Waals surface area contributed by atoms with Crippen LogP contribution < -0.4 is 0 Å². The Morgan fingerprint density at radius 2 is 1.93 bits per heavy atom. The summed E-state index contributed by atoms with van der Waals surface area (Å²) in [6.45, 7) is 1.59. The fraction of sp³-hybridized carbons (Fsp3) is 0.250. The molecule has 0 aliphatic heterocycles. The first-order valence-electron chi connectivity index (χ1n) is 8.83. The van der Waals surface area contributed by atoms with Gasteiger partial charge in [-0.15, -0.1) is 5.10 Å². The van der Waals surface area contributed by atoms with Crippen molar-refractivity contribution in [3.8, 4) is 5.69 Å². The van der Waals surface area contributed by atoms with Crippen molar-refractivity contribution in [3.63, 3.8) is 0 Å². The second kappa shape index (κ2) is 7.11. The number of aromatic nitrogens is 4. The predicted molar refractivity (Wildman–Crippen MR) is 96.8 cm³/mol. The number of hydrogen-bond donors (Lipinski definition) is 0. The Hall–Kier alpha value is -3.35. The highest BCUT2D eigenvalue weighted by Gasteiger charge is 2.23. The van der Waals surface area contributed by atoms with E-state index in [1.165, 1.54) is 22.1 Å². The molecule has 1 aliphatic carbocycles. The second-order valence-corrected chi connectivity index (χ2v) is 6.52. The lowest BCUT2D eigenvalue weighted by Gasteiger charge is -2.14. The van der Waals surface area contributed by atoms with Crippen LogP contribution in [0.25, 0.3) is 5.69 Å². The Morgan fingerprint density at radius 1 is 1.11 bits per heavy atom. The fourth-order valence-corrected chi connectivity index (χ4v) is 3.36. The number of Topliss-reactive ketones (excluding diaryl/α,β-unsaturated/α-hetero) is 1. The Balaban J connectivity index is 1.52. The molecule has 0 saturated heterocycles. The van der Waals surface area contributed by atoms with Crippen molar-refractivity contribution >= 4 is 11.8 Å². The summed E-state index contributed by atoms with van der Waals surface area (Å²) in [5.74, 6) is -0.805. The summed E-state index contributed by atoms with van der Waals surface area (Å²) >= 11 is 0. The van der Waals surface area contributed by atoms with E-state index in [1.54, 1.807) is 31.2 Å². The Labute approximate surface area is 156 Å². The average Bonchev–Trinajstić information content (AvgIpc) is 3.38. The maximum atomic E-state index is 12.7. The van der Waals surface area contributed by atoms with Gasteiger partial charge in [-0.1, -0.05) is 24.3 Å². The molecule has 0 fully saturated rings.